The molecule has 1 heterocycles. The molecule has 0 saturated carbocycles. The minimum Gasteiger partial charge on any atom is -0.354 e. The maximum atomic E-state index is 3.43. The molecular weight excluding hydrogens is 194 g/mol. The van der Waals surface area contributed by atoms with Gasteiger partial charge in [0, 0.05) is 22.4 Å². The highest BCUT2D eigenvalue weighted by Gasteiger charge is 2.09. The van der Waals surface area contributed by atoms with E-state index < -0.39 is 0 Å². The summed E-state index contributed by atoms with van der Waals surface area (Å²) >= 11 is 0. The number of hydrogen-bond donors (Lipinski definition) is 1. The van der Waals surface area contributed by atoms with Gasteiger partial charge in [-0.05, 0) is 43.5 Å². The van der Waals surface area contributed by atoms with Crippen molar-refractivity contribution in [1.29, 1.82) is 0 Å². The zero-order chi connectivity index (χ0) is 11.3. The highest BCUT2D eigenvalue weighted by Crippen LogP contribution is 2.30. The van der Waals surface area contributed by atoms with E-state index in [1.165, 1.54) is 33.0 Å². The molecule has 1 radical (unpaired) electrons. The molecule has 1 N–H and O–H groups in total. The van der Waals surface area contributed by atoms with Crippen LogP contribution in [0.3, 0.4) is 0 Å². The molecule has 0 atom stereocenters. The lowest BCUT2D eigenvalue weighted by Crippen LogP contribution is -1.87. The number of aromatic amines is 1. The molecule has 1 aromatic heterocycles. The highest BCUT2D eigenvalue weighted by molar-refractivity contribution is 6.09. The van der Waals surface area contributed by atoms with Crippen LogP contribution in [0, 0.1) is 26.8 Å². The van der Waals surface area contributed by atoms with Gasteiger partial charge in [-0.1, -0.05) is 18.2 Å². The molecule has 79 valence electrons. The molecular formula is C15H14N. The second-order valence-electron chi connectivity index (χ2n) is 4.42. The number of H-pyrrole nitrogens is 1. The number of nitrogens with one attached hydrogen (secondary N) is 1. The van der Waals surface area contributed by atoms with Crippen molar-refractivity contribution in [2.24, 2.45) is 0 Å². The van der Waals surface area contributed by atoms with Crippen molar-refractivity contribution in [2.45, 2.75) is 20.8 Å². The Balaban J connectivity index is 2.62. The maximum Gasteiger partial charge on any atom is 0.0551 e. The van der Waals surface area contributed by atoms with Gasteiger partial charge in [0.15, 0.2) is 0 Å². The first-order chi connectivity index (χ1) is 7.68. The average Bonchev–Trinajstić information content (AvgIpc) is 2.64. The van der Waals surface area contributed by atoms with Gasteiger partial charge in [-0.15, -0.1) is 0 Å². The van der Waals surface area contributed by atoms with Gasteiger partial charge in [0.2, 0.25) is 0 Å². The van der Waals surface area contributed by atoms with Crippen molar-refractivity contribution in [3.63, 3.8) is 0 Å². The fourth-order valence-electron chi connectivity index (χ4n) is 2.38. The van der Waals surface area contributed by atoms with Crippen LogP contribution in [0.15, 0.2) is 24.3 Å². The summed E-state index contributed by atoms with van der Waals surface area (Å²) in [6, 6.07) is 11.9. The van der Waals surface area contributed by atoms with Gasteiger partial charge in [-0.25, -0.2) is 0 Å². The quantitative estimate of drug-likeness (QED) is 0.573. The fraction of sp³-hybridized carbons (Fsp3) is 0.200. The minimum atomic E-state index is 1.13. The van der Waals surface area contributed by atoms with Gasteiger partial charge in [0.1, 0.15) is 0 Å². The summed E-state index contributed by atoms with van der Waals surface area (Å²) in [5, 5.41) is 2.62. The topological polar surface area (TPSA) is 15.8 Å². The Morgan fingerprint density at radius 3 is 2.56 bits per heavy atom. The summed E-state index contributed by atoms with van der Waals surface area (Å²) in [7, 11) is 0. The minimum absolute atomic E-state index is 1.13. The van der Waals surface area contributed by atoms with E-state index in [-0.39, 0.29) is 0 Å². The molecule has 0 aliphatic rings. The van der Waals surface area contributed by atoms with Crippen molar-refractivity contribution in [3.05, 3.63) is 47.0 Å². The molecule has 0 aliphatic carbocycles. The standard InChI is InChI=1S/C15H14N/c1-9-8-14-15(11(3)10(9)2)12-6-4-5-7-13(12)16-14/h4-7,16H,1-3H3. The molecule has 3 rings (SSSR count). The molecule has 0 fully saturated rings. The molecule has 1 nitrogen and oxygen atoms in total. The van der Waals surface area contributed by atoms with Crippen LogP contribution in [-0.2, 0) is 0 Å². The Morgan fingerprint density at radius 1 is 1.00 bits per heavy atom. The Bertz CT molecular complexity index is 689. The summed E-state index contributed by atoms with van der Waals surface area (Å²) in [5.74, 6) is 0. The lowest BCUT2D eigenvalue weighted by Gasteiger charge is -2.05. The molecule has 0 amide bonds. The summed E-state index contributed by atoms with van der Waals surface area (Å²) in [4.78, 5) is 3.43. The summed E-state index contributed by atoms with van der Waals surface area (Å²) < 4.78 is 0. The van der Waals surface area contributed by atoms with Crippen LogP contribution in [0.2, 0.25) is 0 Å². The number of fused-ring (bicyclic) bond motifs is 3. The fourth-order valence-corrected chi connectivity index (χ4v) is 2.38. The Kier molecular flexibility index (Phi) is 1.84. The summed E-state index contributed by atoms with van der Waals surface area (Å²) in [5.41, 5.74) is 6.26. The monoisotopic (exact) mass is 208 g/mol. The second-order valence-corrected chi connectivity index (χ2v) is 4.42. The van der Waals surface area contributed by atoms with Crippen molar-refractivity contribution < 1.29 is 0 Å². The number of benzene rings is 2. The smallest absolute Gasteiger partial charge is 0.0551 e. The van der Waals surface area contributed by atoms with E-state index in [0.29, 0.717) is 0 Å². The highest BCUT2D eigenvalue weighted by atomic mass is 14.7. The number of para-hydroxylation sites is 1. The normalized spacial score (nSPS) is 11.4. The largest absolute Gasteiger partial charge is 0.354 e. The van der Waals surface area contributed by atoms with Crippen LogP contribution < -0.4 is 0 Å². The van der Waals surface area contributed by atoms with Gasteiger partial charge in [0.05, 0.1) is 5.52 Å². The first-order valence-corrected chi connectivity index (χ1v) is 5.58. The number of rotatable bonds is 0. The molecule has 0 aliphatic heterocycles. The van der Waals surface area contributed by atoms with E-state index in [9.17, 15) is 0 Å². The molecule has 0 saturated heterocycles. The Hall–Kier alpha value is -1.76. The molecule has 16 heavy (non-hydrogen) atoms. The van der Waals surface area contributed by atoms with Crippen LogP contribution in [0.25, 0.3) is 21.8 Å². The third kappa shape index (κ3) is 1.12. The Morgan fingerprint density at radius 2 is 1.75 bits per heavy atom. The number of aromatic nitrogens is 1. The molecule has 3 aromatic rings. The summed E-state index contributed by atoms with van der Waals surface area (Å²) in [6.07, 6.45) is 0. The van der Waals surface area contributed by atoms with Crippen LogP contribution in [-0.4, -0.2) is 4.98 Å². The van der Waals surface area contributed by atoms with Gasteiger partial charge in [-0.2, -0.15) is 0 Å². The van der Waals surface area contributed by atoms with E-state index >= 15 is 0 Å². The average molecular weight is 208 g/mol. The molecule has 0 unspecified atom stereocenters. The molecule has 0 spiro atoms. The van der Waals surface area contributed by atoms with Crippen LogP contribution >= 0.6 is 0 Å². The van der Waals surface area contributed by atoms with Gasteiger partial charge in [0.25, 0.3) is 0 Å². The van der Waals surface area contributed by atoms with Crippen LogP contribution in [0.1, 0.15) is 16.7 Å². The van der Waals surface area contributed by atoms with Crippen LogP contribution in [0.4, 0.5) is 0 Å². The van der Waals surface area contributed by atoms with E-state index in [1.54, 1.807) is 0 Å². The van der Waals surface area contributed by atoms with E-state index in [2.05, 4.69) is 56.1 Å². The van der Waals surface area contributed by atoms with Gasteiger partial charge in [-0.3, -0.25) is 0 Å². The van der Waals surface area contributed by atoms with Crippen LogP contribution in [0.5, 0.6) is 0 Å². The number of aryl methyl sites for hydroxylation is 2. The van der Waals surface area contributed by atoms with Gasteiger partial charge >= 0.3 is 0 Å². The number of hydrogen-bond acceptors (Lipinski definition) is 0. The molecule has 1 heteroatoms. The predicted octanol–water partition coefficient (Wildman–Crippen LogP) is 4.05. The molecule has 2 aromatic carbocycles. The lowest BCUT2D eigenvalue weighted by atomic mass is 9.99. The molecule has 0 bridgehead atoms. The first kappa shape index (κ1) is 9.46. The second kappa shape index (κ2) is 3.11. The van der Waals surface area contributed by atoms with Crippen molar-refractivity contribution in [2.75, 3.05) is 0 Å². The SMILES string of the molecule is Cc1[c]c2[nH]c3ccccc3c2c(C)c1C. The maximum absolute atomic E-state index is 3.43. The third-order valence-corrected chi connectivity index (χ3v) is 3.52. The summed E-state index contributed by atoms with van der Waals surface area (Å²) in [6.45, 7) is 6.48. The van der Waals surface area contributed by atoms with E-state index in [4.69, 9.17) is 0 Å². The first-order valence-electron chi connectivity index (χ1n) is 5.58. The van der Waals surface area contributed by atoms with E-state index in [0.717, 1.165) is 5.52 Å². The zero-order valence-corrected chi connectivity index (χ0v) is 9.81. The van der Waals surface area contributed by atoms with Crippen molar-refractivity contribution in [1.82, 2.24) is 4.98 Å². The van der Waals surface area contributed by atoms with E-state index in [1.807, 2.05) is 0 Å². The van der Waals surface area contributed by atoms with Crippen molar-refractivity contribution in [3.8, 4) is 0 Å². The zero-order valence-electron chi connectivity index (χ0n) is 9.81. The Labute approximate surface area is 95.1 Å². The van der Waals surface area contributed by atoms with Crippen molar-refractivity contribution >= 4 is 21.8 Å². The third-order valence-electron chi connectivity index (χ3n) is 3.52. The van der Waals surface area contributed by atoms with Gasteiger partial charge < -0.3 is 4.98 Å². The lowest BCUT2D eigenvalue weighted by molar-refractivity contribution is 1.29. The predicted molar refractivity (Wildman–Crippen MR) is 68.9 cm³/mol.